The van der Waals surface area contributed by atoms with Gasteiger partial charge >= 0.3 is 0 Å². The number of hydrogen-bond acceptors (Lipinski definition) is 2. The zero-order valence-corrected chi connectivity index (χ0v) is 7.34. The number of rotatable bonds is 2. The van der Waals surface area contributed by atoms with Gasteiger partial charge in [-0.2, -0.15) is 0 Å². The molecule has 0 bridgehead atoms. The van der Waals surface area contributed by atoms with E-state index >= 15 is 0 Å². The average molecular weight is 160 g/mol. The zero-order valence-electron chi connectivity index (χ0n) is 6.34. The van der Waals surface area contributed by atoms with Crippen molar-refractivity contribution in [3.63, 3.8) is 0 Å². The first-order chi connectivity index (χ1) is 4.83. The maximum absolute atomic E-state index is 5.76. The maximum Gasteiger partial charge on any atom is 0.0101 e. The predicted octanol–water partition coefficient (Wildman–Crippen LogP) is 0.851. The minimum absolute atomic E-state index is 0.485. The lowest BCUT2D eigenvalue weighted by atomic mass is 9.96. The van der Waals surface area contributed by atoms with Gasteiger partial charge in [-0.15, -0.1) is 8.58 Å². The van der Waals surface area contributed by atoms with E-state index in [-0.39, 0.29) is 0 Å². The third-order valence-corrected chi connectivity index (χ3v) is 3.57. The molecule has 10 heavy (non-hydrogen) atoms. The molecule has 0 spiro atoms. The Labute approximate surface area is 64.5 Å². The van der Waals surface area contributed by atoms with E-state index in [1.165, 1.54) is 25.7 Å². The van der Waals surface area contributed by atoms with E-state index in [9.17, 15) is 0 Å². The van der Waals surface area contributed by atoms with E-state index in [4.69, 9.17) is 11.5 Å². The summed E-state index contributed by atoms with van der Waals surface area (Å²) in [4.78, 5) is 0. The van der Waals surface area contributed by atoms with Crippen molar-refractivity contribution in [2.24, 2.45) is 11.5 Å². The van der Waals surface area contributed by atoms with Crippen LogP contribution in [0.4, 0.5) is 0 Å². The van der Waals surface area contributed by atoms with Crippen LogP contribution >= 0.6 is 8.58 Å². The average Bonchev–Trinajstić information content (AvgIpc) is 1.95. The van der Waals surface area contributed by atoms with Crippen molar-refractivity contribution in [1.29, 1.82) is 0 Å². The topological polar surface area (TPSA) is 52.0 Å². The lowest BCUT2D eigenvalue weighted by molar-refractivity contribution is 0.449. The highest BCUT2D eigenvalue weighted by Gasteiger charge is 2.16. The Hall–Kier alpha value is 0.350. The van der Waals surface area contributed by atoms with E-state index in [0.717, 1.165) is 20.5 Å². The molecule has 2 nitrogen and oxygen atoms in total. The third kappa shape index (κ3) is 2.53. The molecule has 0 saturated heterocycles. The molecule has 1 atom stereocenters. The Bertz CT molecular complexity index is 89.6. The molecule has 60 valence electrons. The summed E-state index contributed by atoms with van der Waals surface area (Å²) in [6, 6.07) is 0.485. The molecule has 0 amide bonds. The molecule has 1 unspecified atom stereocenters. The summed E-state index contributed by atoms with van der Waals surface area (Å²) < 4.78 is 0. The highest BCUT2D eigenvalue weighted by molar-refractivity contribution is 7.38. The zero-order chi connectivity index (χ0) is 7.40. The summed E-state index contributed by atoms with van der Waals surface area (Å²) in [5.74, 6) is 0. The molecule has 4 N–H and O–H groups in total. The van der Waals surface area contributed by atoms with Crippen molar-refractivity contribution in [1.82, 2.24) is 0 Å². The molecule has 1 aliphatic carbocycles. The molecular formula is C7H17N2P. The second-order valence-corrected chi connectivity index (χ2v) is 4.65. The van der Waals surface area contributed by atoms with Gasteiger partial charge < -0.3 is 11.5 Å². The third-order valence-electron chi connectivity index (χ3n) is 2.18. The van der Waals surface area contributed by atoms with Crippen LogP contribution in [-0.4, -0.2) is 18.0 Å². The van der Waals surface area contributed by atoms with Gasteiger partial charge in [-0.3, -0.25) is 0 Å². The molecule has 1 saturated carbocycles. The second-order valence-electron chi connectivity index (χ2n) is 3.02. The fraction of sp³-hybridized carbons (Fsp3) is 1.00. The van der Waals surface area contributed by atoms with Gasteiger partial charge in [0, 0.05) is 12.3 Å². The molecule has 1 aliphatic rings. The van der Waals surface area contributed by atoms with Crippen molar-refractivity contribution in [2.75, 3.05) is 6.29 Å². The van der Waals surface area contributed by atoms with Crippen molar-refractivity contribution < 1.29 is 0 Å². The van der Waals surface area contributed by atoms with E-state index < -0.39 is 0 Å². The standard InChI is InChI=1S/C7H17N2P/c8-5-10-7-3-1-6(9)2-4-7/h6-7,10H,1-5,8-9H2. The monoisotopic (exact) mass is 160 g/mol. The van der Waals surface area contributed by atoms with Crippen LogP contribution in [0.1, 0.15) is 25.7 Å². The molecule has 3 heteroatoms. The van der Waals surface area contributed by atoms with E-state index in [1.54, 1.807) is 0 Å². The first-order valence-corrected chi connectivity index (χ1v) is 5.30. The molecule has 1 rings (SSSR count). The normalized spacial score (nSPS) is 35.4. The fourth-order valence-corrected chi connectivity index (χ4v) is 2.56. The molecule has 1 fully saturated rings. The van der Waals surface area contributed by atoms with Crippen LogP contribution in [-0.2, 0) is 0 Å². The minimum atomic E-state index is 0.485. The maximum atomic E-state index is 5.76. The van der Waals surface area contributed by atoms with Crippen molar-refractivity contribution in [3.05, 3.63) is 0 Å². The lowest BCUT2D eigenvalue weighted by Gasteiger charge is -2.25. The smallest absolute Gasteiger partial charge is 0.0101 e. The van der Waals surface area contributed by atoms with Crippen LogP contribution in [0.15, 0.2) is 0 Å². The minimum Gasteiger partial charge on any atom is -0.328 e. The second kappa shape index (κ2) is 4.27. The summed E-state index contributed by atoms with van der Waals surface area (Å²) >= 11 is 0. The van der Waals surface area contributed by atoms with E-state index in [1.807, 2.05) is 0 Å². The van der Waals surface area contributed by atoms with Crippen LogP contribution < -0.4 is 11.5 Å². The van der Waals surface area contributed by atoms with Crippen LogP contribution in [0.2, 0.25) is 0 Å². The summed E-state index contributed by atoms with van der Waals surface area (Å²) in [7, 11) is 0.976. The van der Waals surface area contributed by atoms with Crippen molar-refractivity contribution in [3.8, 4) is 0 Å². The van der Waals surface area contributed by atoms with E-state index in [0.29, 0.717) is 6.04 Å². The van der Waals surface area contributed by atoms with Gasteiger partial charge in [-0.1, -0.05) is 0 Å². The number of nitrogens with two attached hydrogens (primary N) is 2. The molecule has 0 heterocycles. The molecule has 0 aromatic carbocycles. The summed E-state index contributed by atoms with van der Waals surface area (Å²) in [6.07, 6.45) is 5.95. The first-order valence-electron chi connectivity index (χ1n) is 4.02. The molecule has 0 aliphatic heterocycles. The van der Waals surface area contributed by atoms with Gasteiger partial charge in [0.15, 0.2) is 0 Å². The Kier molecular flexibility index (Phi) is 3.61. The van der Waals surface area contributed by atoms with Gasteiger partial charge in [-0.05, 0) is 31.3 Å². The van der Waals surface area contributed by atoms with Gasteiger partial charge in [0.05, 0.1) is 0 Å². The summed E-state index contributed by atoms with van der Waals surface area (Å²) in [6.45, 7) is 0. The summed E-state index contributed by atoms with van der Waals surface area (Å²) in [5, 5.41) is 0. The van der Waals surface area contributed by atoms with E-state index in [2.05, 4.69) is 0 Å². The molecule has 0 aromatic rings. The van der Waals surface area contributed by atoms with Crippen LogP contribution in [0.3, 0.4) is 0 Å². The van der Waals surface area contributed by atoms with Crippen LogP contribution in [0, 0.1) is 0 Å². The highest BCUT2D eigenvalue weighted by Crippen LogP contribution is 2.30. The van der Waals surface area contributed by atoms with Crippen LogP contribution in [0.5, 0.6) is 0 Å². The highest BCUT2D eigenvalue weighted by atomic mass is 31.1. The fourth-order valence-electron chi connectivity index (χ4n) is 1.49. The lowest BCUT2D eigenvalue weighted by Crippen LogP contribution is -2.27. The quantitative estimate of drug-likeness (QED) is 0.588. The Morgan fingerprint density at radius 2 is 1.80 bits per heavy atom. The Balaban J connectivity index is 2.13. The van der Waals surface area contributed by atoms with Gasteiger partial charge in [0.2, 0.25) is 0 Å². The Morgan fingerprint density at radius 3 is 2.30 bits per heavy atom. The first kappa shape index (κ1) is 8.45. The molecule has 0 radical (unpaired) electrons. The Morgan fingerprint density at radius 1 is 1.20 bits per heavy atom. The van der Waals surface area contributed by atoms with Gasteiger partial charge in [0.25, 0.3) is 0 Å². The predicted molar refractivity (Wildman–Crippen MR) is 47.6 cm³/mol. The summed E-state index contributed by atoms with van der Waals surface area (Å²) in [5.41, 5.74) is 12.1. The molecular weight excluding hydrogens is 143 g/mol. The SMILES string of the molecule is NCPC1CCC(N)CC1. The van der Waals surface area contributed by atoms with Crippen molar-refractivity contribution in [2.45, 2.75) is 37.4 Å². The largest absolute Gasteiger partial charge is 0.328 e. The van der Waals surface area contributed by atoms with Crippen LogP contribution in [0.25, 0.3) is 0 Å². The molecule has 0 aromatic heterocycles. The van der Waals surface area contributed by atoms with Crippen molar-refractivity contribution >= 4 is 8.58 Å². The van der Waals surface area contributed by atoms with Gasteiger partial charge in [-0.25, -0.2) is 0 Å². The number of hydrogen-bond donors (Lipinski definition) is 2. The van der Waals surface area contributed by atoms with Gasteiger partial charge in [0.1, 0.15) is 0 Å².